The number of nitrogens with two attached hydrogens (primary N) is 1. The smallest absolute Gasteiger partial charge is 0.224 e. The van der Waals surface area contributed by atoms with Crippen molar-refractivity contribution in [1.82, 2.24) is 5.32 Å². The van der Waals surface area contributed by atoms with E-state index in [1.807, 2.05) is 19.1 Å². The van der Waals surface area contributed by atoms with Crippen molar-refractivity contribution in [2.75, 3.05) is 13.1 Å². The van der Waals surface area contributed by atoms with Crippen LogP contribution in [0.1, 0.15) is 18.1 Å². The van der Waals surface area contributed by atoms with Crippen LogP contribution in [-0.2, 0) is 11.2 Å². The quantitative estimate of drug-likeness (QED) is 0.784. The first-order valence-electron chi connectivity index (χ1n) is 5.67. The Balaban J connectivity index is 2.36. The average molecular weight is 220 g/mol. The summed E-state index contributed by atoms with van der Waals surface area (Å²) in [6, 6.07) is 8.22. The summed E-state index contributed by atoms with van der Waals surface area (Å²) in [5.41, 5.74) is 7.97. The van der Waals surface area contributed by atoms with Gasteiger partial charge in [-0.25, -0.2) is 0 Å². The second-order valence-electron chi connectivity index (χ2n) is 4.10. The van der Waals surface area contributed by atoms with Crippen molar-refractivity contribution in [1.29, 1.82) is 0 Å². The average Bonchev–Trinajstić information content (AvgIpc) is 2.30. The second kappa shape index (κ2) is 6.28. The molecular weight excluding hydrogens is 200 g/mol. The van der Waals surface area contributed by atoms with E-state index in [1.54, 1.807) is 0 Å². The van der Waals surface area contributed by atoms with Crippen molar-refractivity contribution in [2.24, 2.45) is 11.7 Å². The van der Waals surface area contributed by atoms with Crippen LogP contribution in [0.4, 0.5) is 0 Å². The van der Waals surface area contributed by atoms with Gasteiger partial charge in [-0.1, -0.05) is 31.2 Å². The van der Waals surface area contributed by atoms with Crippen LogP contribution in [0.25, 0.3) is 0 Å². The topological polar surface area (TPSA) is 55.1 Å². The van der Waals surface area contributed by atoms with Gasteiger partial charge in [-0.2, -0.15) is 0 Å². The Bertz CT molecular complexity index is 350. The molecule has 0 spiro atoms. The molecule has 3 heteroatoms. The zero-order valence-electron chi connectivity index (χ0n) is 9.99. The highest BCUT2D eigenvalue weighted by Gasteiger charge is 2.09. The lowest BCUT2D eigenvalue weighted by Gasteiger charge is -2.10. The van der Waals surface area contributed by atoms with Crippen molar-refractivity contribution in [3.8, 4) is 0 Å². The van der Waals surface area contributed by atoms with E-state index in [-0.39, 0.29) is 11.8 Å². The lowest BCUT2D eigenvalue weighted by Crippen LogP contribution is -2.34. The van der Waals surface area contributed by atoms with Gasteiger partial charge in [-0.05, 0) is 24.5 Å². The van der Waals surface area contributed by atoms with Crippen LogP contribution in [0, 0.1) is 12.8 Å². The van der Waals surface area contributed by atoms with Crippen molar-refractivity contribution >= 4 is 5.91 Å². The Morgan fingerprint density at radius 1 is 1.44 bits per heavy atom. The molecule has 0 heterocycles. The number of aryl methyl sites for hydroxylation is 1. The molecule has 1 aromatic rings. The van der Waals surface area contributed by atoms with Crippen LogP contribution >= 0.6 is 0 Å². The first-order chi connectivity index (χ1) is 7.65. The van der Waals surface area contributed by atoms with E-state index in [0.29, 0.717) is 13.1 Å². The van der Waals surface area contributed by atoms with E-state index >= 15 is 0 Å². The number of hydrogen-bond acceptors (Lipinski definition) is 2. The van der Waals surface area contributed by atoms with Gasteiger partial charge in [0.25, 0.3) is 0 Å². The molecule has 88 valence electrons. The first kappa shape index (κ1) is 12.7. The number of hydrogen-bond donors (Lipinski definition) is 2. The predicted octanol–water partition coefficient (Wildman–Crippen LogP) is 1.25. The molecule has 1 unspecified atom stereocenters. The van der Waals surface area contributed by atoms with Crippen molar-refractivity contribution in [3.63, 3.8) is 0 Å². The van der Waals surface area contributed by atoms with Gasteiger partial charge in [0.15, 0.2) is 0 Å². The van der Waals surface area contributed by atoms with Crippen LogP contribution in [0.2, 0.25) is 0 Å². The third-order valence-corrected chi connectivity index (χ3v) is 2.76. The maximum atomic E-state index is 11.5. The van der Waals surface area contributed by atoms with Crippen molar-refractivity contribution in [2.45, 2.75) is 20.3 Å². The van der Waals surface area contributed by atoms with Crippen LogP contribution in [0.15, 0.2) is 24.3 Å². The van der Waals surface area contributed by atoms with Crippen LogP contribution < -0.4 is 11.1 Å². The molecule has 0 saturated carbocycles. The molecule has 0 aliphatic carbocycles. The molecule has 0 aliphatic heterocycles. The molecule has 0 radical (unpaired) electrons. The number of nitrogens with one attached hydrogen (secondary N) is 1. The minimum atomic E-state index is -0.100. The third kappa shape index (κ3) is 3.66. The molecule has 0 aliphatic rings. The molecule has 1 atom stereocenters. The highest BCUT2D eigenvalue weighted by molar-refractivity contribution is 5.78. The van der Waals surface area contributed by atoms with Crippen LogP contribution in [-0.4, -0.2) is 19.0 Å². The Morgan fingerprint density at radius 2 is 2.12 bits per heavy atom. The largest absolute Gasteiger partial charge is 0.355 e. The number of benzene rings is 1. The maximum Gasteiger partial charge on any atom is 0.224 e. The number of rotatable bonds is 5. The summed E-state index contributed by atoms with van der Waals surface area (Å²) in [5, 5.41) is 2.89. The van der Waals surface area contributed by atoms with Crippen LogP contribution in [0.5, 0.6) is 0 Å². The third-order valence-electron chi connectivity index (χ3n) is 2.76. The van der Waals surface area contributed by atoms with E-state index in [1.165, 1.54) is 11.1 Å². The van der Waals surface area contributed by atoms with Gasteiger partial charge in [0.05, 0.1) is 0 Å². The molecule has 0 aromatic heterocycles. The summed E-state index contributed by atoms with van der Waals surface area (Å²) in [6.07, 6.45) is 0.871. The van der Waals surface area contributed by atoms with E-state index in [9.17, 15) is 4.79 Å². The highest BCUT2D eigenvalue weighted by atomic mass is 16.1. The molecule has 0 bridgehead atoms. The molecule has 1 aromatic carbocycles. The van der Waals surface area contributed by atoms with Crippen LogP contribution in [0.3, 0.4) is 0 Å². The SMILES string of the molecule is Cc1ccccc1CCNC(=O)C(C)CN. The van der Waals surface area contributed by atoms with Gasteiger partial charge in [0, 0.05) is 19.0 Å². The number of amides is 1. The standard InChI is InChI=1S/C13H20N2O/c1-10-5-3-4-6-12(10)7-8-15-13(16)11(2)9-14/h3-6,11H,7-9,14H2,1-2H3,(H,15,16). The molecule has 0 fully saturated rings. The fraction of sp³-hybridized carbons (Fsp3) is 0.462. The molecular formula is C13H20N2O. The number of carbonyl (C=O) groups is 1. The molecule has 1 rings (SSSR count). The Hall–Kier alpha value is -1.35. The van der Waals surface area contributed by atoms with E-state index in [4.69, 9.17) is 5.73 Å². The summed E-state index contributed by atoms with van der Waals surface area (Å²) >= 11 is 0. The fourth-order valence-corrected chi connectivity index (χ4v) is 1.49. The molecule has 0 saturated heterocycles. The summed E-state index contributed by atoms with van der Waals surface area (Å²) in [7, 11) is 0. The van der Waals surface area contributed by atoms with E-state index in [2.05, 4.69) is 24.4 Å². The van der Waals surface area contributed by atoms with Gasteiger partial charge in [-0.3, -0.25) is 4.79 Å². The van der Waals surface area contributed by atoms with Crippen molar-refractivity contribution in [3.05, 3.63) is 35.4 Å². The highest BCUT2D eigenvalue weighted by Crippen LogP contribution is 2.06. The fourth-order valence-electron chi connectivity index (χ4n) is 1.49. The Kier molecular flexibility index (Phi) is 4.99. The van der Waals surface area contributed by atoms with Crippen molar-refractivity contribution < 1.29 is 4.79 Å². The van der Waals surface area contributed by atoms with Gasteiger partial charge in [0.1, 0.15) is 0 Å². The Labute approximate surface area is 97.0 Å². The van der Waals surface area contributed by atoms with Gasteiger partial charge in [-0.15, -0.1) is 0 Å². The first-order valence-corrected chi connectivity index (χ1v) is 5.67. The lowest BCUT2D eigenvalue weighted by atomic mass is 10.1. The van der Waals surface area contributed by atoms with Gasteiger partial charge < -0.3 is 11.1 Å². The predicted molar refractivity (Wildman–Crippen MR) is 66.1 cm³/mol. The lowest BCUT2D eigenvalue weighted by molar-refractivity contribution is -0.124. The zero-order chi connectivity index (χ0) is 12.0. The molecule has 16 heavy (non-hydrogen) atoms. The minimum absolute atomic E-state index is 0.0380. The molecule has 3 nitrogen and oxygen atoms in total. The van der Waals surface area contributed by atoms with E-state index in [0.717, 1.165) is 6.42 Å². The van der Waals surface area contributed by atoms with Gasteiger partial charge >= 0.3 is 0 Å². The summed E-state index contributed by atoms with van der Waals surface area (Å²) in [6.45, 7) is 4.99. The summed E-state index contributed by atoms with van der Waals surface area (Å²) in [4.78, 5) is 11.5. The maximum absolute atomic E-state index is 11.5. The second-order valence-corrected chi connectivity index (χ2v) is 4.10. The van der Waals surface area contributed by atoms with E-state index < -0.39 is 0 Å². The Morgan fingerprint density at radius 3 is 2.75 bits per heavy atom. The normalized spacial score (nSPS) is 12.2. The minimum Gasteiger partial charge on any atom is -0.355 e. The number of carbonyl (C=O) groups excluding carboxylic acids is 1. The summed E-state index contributed by atoms with van der Waals surface area (Å²) in [5.74, 6) is -0.0621. The summed E-state index contributed by atoms with van der Waals surface area (Å²) < 4.78 is 0. The molecule has 1 amide bonds. The molecule has 3 N–H and O–H groups in total. The van der Waals surface area contributed by atoms with Gasteiger partial charge in [0.2, 0.25) is 5.91 Å². The monoisotopic (exact) mass is 220 g/mol. The zero-order valence-corrected chi connectivity index (χ0v) is 9.99.